The van der Waals surface area contributed by atoms with Crippen LogP contribution in [0.1, 0.15) is 35.7 Å². The summed E-state index contributed by atoms with van der Waals surface area (Å²) in [6, 6.07) is 5.49. The molecule has 0 saturated carbocycles. The number of fused-ring (bicyclic) bond motifs is 3. The summed E-state index contributed by atoms with van der Waals surface area (Å²) in [6.45, 7) is 7.71. The van der Waals surface area contributed by atoms with Crippen molar-refractivity contribution in [2.45, 2.75) is 33.4 Å². The van der Waals surface area contributed by atoms with Gasteiger partial charge >= 0.3 is 0 Å². The lowest BCUT2D eigenvalue weighted by atomic mass is 10.2. The number of anilines is 1. The van der Waals surface area contributed by atoms with E-state index in [-0.39, 0.29) is 17.7 Å². The van der Waals surface area contributed by atoms with Gasteiger partial charge in [0.2, 0.25) is 5.96 Å². The van der Waals surface area contributed by atoms with Crippen LogP contribution in [0.4, 0.5) is 5.82 Å². The van der Waals surface area contributed by atoms with Crippen LogP contribution in [0.3, 0.4) is 0 Å². The third-order valence-electron chi connectivity index (χ3n) is 4.78. The molecule has 2 aromatic rings. The fraction of sp³-hybridized carbons (Fsp3) is 0.389. The molecule has 0 fully saturated rings. The van der Waals surface area contributed by atoms with Crippen LogP contribution in [0, 0.1) is 6.92 Å². The SMILES string of the molecule is CCN1C(=O)c2c(nc(C)n2Cc2ccc(O)c(Br)c2)N2C[C@@H](C)N=C12. The fourth-order valence-corrected chi connectivity index (χ4v) is 3.95. The number of benzene rings is 1. The molecule has 1 aromatic heterocycles. The first-order valence-electron chi connectivity index (χ1n) is 8.62. The molecule has 0 saturated heterocycles. The maximum Gasteiger partial charge on any atom is 0.281 e. The van der Waals surface area contributed by atoms with Crippen molar-refractivity contribution in [2.75, 3.05) is 18.0 Å². The third kappa shape index (κ3) is 2.51. The number of aromatic nitrogens is 2. The van der Waals surface area contributed by atoms with Gasteiger partial charge in [0.15, 0.2) is 11.5 Å². The number of halogens is 1. The Labute approximate surface area is 160 Å². The summed E-state index contributed by atoms with van der Waals surface area (Å²) in [5.74, 6) is 2.31. The lowest BCUT2D eigenvalue weighted by Gasteiger charge is -2.33. The first kappa shape index (κ1) is 17.1. The number of hydrogen-bond acceptors (Lipinski definition) is 5. The minimum absolute atomic E-state index is 0.0648. The minimum Gasteiger partial charge on any atom is -0.507 e. The predicted octanol–water partition coefficient (Wildman–Crippen LogP) is 2.75. The maximum absolute atomic E-state index is 13.2. The Balaban J connectivity index is 1.80. The van der Waals surface area contributed by atoms with Crippen LogP contribution < -0.4 is 4.90 Å². The van der Waals surface area contributed by atoms with Crippen molar-refractivity contribution in [1.82, 2.24) is 14.5 Å². The molecule has 0 spiro atoms. The molecular formula is C18H20BrN5O2. The monoisotopic (exact) mass is 417 g/mol. The molecule has 136 valence electrons. The van der Waals surface area contributed by atoms with Crippen molar-refractivity contribution >= 4 is 33.6 Å². The molecule has 3 heterocycles. The van der Waals surface area contributed by atoms with Crippen LogP contribution in [-0.2, 0) is 6.54 Å². The standard InChI is InChI=1S/C18H20BrN5O2/c1-4-22-17(26)15-16(24-8-10(2)20-18(22)24)21-11(3)23(15)9-12-5-6-14(25)13(19)7-12/h5-7,10,25H,4,8-9H2,1-3H3/t10-/m1/s1. The number of imidazole rings is 1. The Hall–Kier alpha value is -2.35. The summed E-state index contributed by atoms with van der Waals surface area (Å²) in [4.78, 5) is 26.2. The van der Waals surface area contributed by atoms with Crippen molar-refractivity contribution in [2.24, 2.45) is 4.99 Å². The van der Waals surface area contributed by atoms with Gasteiger partial charge in [-0.25, -0.2) is 9.98 Å². The molecule has 0 unspecified atom stereocenters. The molecule has 0 radical (unpaired) electrons. The minimum atomic E-state index is -0.0648. The third-order valence-corrected chi connectivity index (χ3v) is 5.41. The second kappa shape index (κ2) is 6.12. The number of rotatable bonds is 3. The molecule has 8 heteroatoms. The number of hydrogen-bond donors (Lipinski definition) is 1. The van der Waals surface area contributed by atoms with Gasteiger partial charge in [0.05, 0.1) is 10.5 Å². The van der Waals surface area contributed by atoms with Crippen LogP contribution in [0.5, 0.6) is 5.75 Å². The summed E-state index contributed by atoms with van der Waals surface area (Å²) in [5, 5.41) is 9.71. The Bertz CT molecular complexity index is 936. The van der Waals surface area contributed by atoms with Crippen molar-refractivity contribution in [1.29, 1.82) is 0 Å². The van der Waals surface area contributed by atoms with E-state index in [1.54, 1.807) is 11.0 Å². The number of carbonyl (C=O) groups is 1. The van der Waals surface area contributed by atoms with Crippen LogP contribution >= 0.6 is 15.9 Å². The smallest absolute Gasteiger partial charge is 0.281 e. The van der Waals surface area contributed by atoms with Gasteiger partial charge in [-0.2, -0.15) is 0 Å². The highest BCUT2D eigenvalue weighted by Crippen LogP contribution is 2.33. The highest BCUT2D eigenvalue weighted by atomic mass is 79.9. The molecule has 1 N–H and O–H groups in total. The quantitative estimate of drug-likeness (QED) is 0.832. The molecule has 0 bridgehead atoms. The highest BCUT2D eigenvalue weighted by Gasteiger charge is 2.42. The normalized spacial score (nSPS) is 18.8. The van der Waals surface area contributed by atoms with Crippen LogP contribution in [0.15, 0.2) is 27.7 Å². The van der Waals surface area contributed by atoms with Gasteiger partial charge in [-0.05, 0) is 54.4 Å². The second-order valence-electron chi connectivity index (χ2n) is 6.64. The first-order valence-corrected chi connectivity index (χ1v) is 9.41. The van der Waals surface area contributed by atoms with Crippen molar-refractivity contribution in [3.05, 3.63) is 39.8 Å². The summed E-state index contributed by atoms with van der Waals surface area (Å²) < 4.78 is 2.57. The van der Waals surface area contributed by atoms with E-state index in [9.17, 15) is 9.90 Å². The molecule has 1 aromatic carbocycles. The number of phenols is 1. The van der Waals surface area contributed by atoms with E-state index in [0.29, 0.717) is 35.0 Å². The Morgan fingerprint density at radius 1 is 1.38 bits per heavy atom. The predicted molar refractivity (Wildman–Crippen MR) is 103 cm³/mol. The van der Waals surface area contributed by atoms with E-state index in [2.05, 4.69) is 25.9 Å². The lowest BCUT2D eigenvalue weighted by molar-refractivity contribution is 0.0836. The number of aliphatic imine (C=N–C) groups is 1. The average Bonchev–Trinajstić information content (AvgIpc) is 3.12. The lowest BCUT2D eigenvalue weighted by Crippen LogP contribution is -2.50. The summed E-state index contributed by atoms with van der Waals surface area (Å²) >= 11 is 3.35. The number of aryl methyl sites for hydroxylation is 1. The molecule has 26 heavy (non-hydrogen) atoms. The van der Waals surface area contributed by atoms with Gasteiger partial charge in [0, 0.05) is 19.6 Å². The molecule has 0 aliphatic carbocycles. The van der Waals surface area contributed by atoms with Crippen LogP contribution in [-0.4, -0.2) is 50.6 Å². The van der Waals surface area contributed by atoms with E-state index < -0.39 is 0 Å². The van der Waals surface area contributed by atoms with Gasteiger partial charge < -0.3 is 9.67 Å². The molecule has 1 amide bonds. The van der Waals surface area contributed by atoms with E-state index in [1.165, 1.54) is 0 Å². The largest absolute Gasteiger partial charge is 0.507 e. The topological polar surface area (TPSA) is 74.0 Å². The summed E-state index contributed by atoms with van der Waals surface area (Å²) in [5.41, 5.74) is 1.57. The maximum atomic E-state index is 13.2. The van der Waals surface area contributed by atoms with Crippen LogP contribution in [0.2, 0.25) is 0 Å². The Morgan fingerprint density at radius 2 is 2.15 bits per heavy atom. The van der Waals surface area contributed by atoms with Crippen LogP contribution in [0.25, 0.3) is 0 Å². The van der Waals surface area contributed by atoms with Crippen molar-refractivity contribution < 1.29 is 9.90 Å². The summed E-state index contributed by atoms with van der Waals surface area (Å²) in [7, 11) is 0. The van der Waals surface area contributed by atoms with Gasteiger partial charge in [-0.15, -0.1) is 0 Å². The van der Waals surface area contributed by atoms with Crippen molar-refractivity contribution in [3.63, 3.8) is 0 Å². The average molecular weight is 418 g/mol. The number of phenolic OH excluding ortho intramolecular Hbond substituents is 1. The molecule has 7 nitrogen and oxygen atoms in total. The second-order valence-corrected chi connectivity index (χ2v) is 7.50. The zero-order chi connectivity index (χ0) is 18.6. The number of amides is 1. The molecule has 1 atom stereocenters. The highest BCUT2D eigenvalue weighted by molar-refractivity contribution is 9.10. The number of nitrogens with zero attached hydrogens (tertiary/aromatic N) is 5. The summed E-state index contributed by atoms with van der Waals surface area (Å²) in [6.07, 6.45) is 0. The zero-order valence-corrected chi connectivity index (χ0v) is 16.5. The first-order chi connectivity index (χ1) is 12.4. The number of guanidine groups is 1. The van der Waals surface area contributed by atoms with Gasteiger partial charge in [-0.3, -0.25) is 14.6 Å². The van der Waals surface area contributed by atoms with Gasteiger partial charge in [0.25, 0.3) is 5.91 Å². The van der Waals surface area contributed by atoms with E-state index >= 15 is 0 Å². The van der Waals surface area contributed by atoms with Gasteiger partial charge in [0.1, 0.15) is 11.6 Å². The van der Waals surface area contributed by atoms with E-state index in [1.807, 2.05) is 42.4 Å². The fourth-order valence-electron chi connectivity index (χ4n) is 3.53. The molecule has 2 aliphatic rings. The molecule has 2 aliphatic heterocycles. The molecule has 4 rings (SSSR count). The molecular weight excluding hydrogens is 398 g/mol. The zero-order valence-electron chi connectivity index (χ0n) is 14.9. The Morgan fingerprint density at radius 3 is 2.85 bits per heavy atom. The van der Waals surface area contributed by atoms with E-state index in [0.717, 1.165) is 17.9 Å². The van der Waals surface area contributed by atoms with Gasteiger partial charge in [-0.1, -0.05) is 6.07 Å². The van der Waals surface area contributed by atoms with E-state index in [4.69, 9.17) is 0 Å². The number of aromatic hydroxyl groups is 1. The Kier molecular flexibility index (Phi) is 4.02. The number of carbonyl (C=O) groups excluding carboxylic acids is 1. The van der Waals surface area contributed by atoms with Crippen molar-refractivity contribution in [3.8, 4) is 5.75 Å².